The van der Waals surface area contributed by atoms with Crippen molar-refractivity contribution in [1.29, 1.82) is 0 Å². The number of aryl methyl sites for hydroxylation is 1. The Bertz CT molecular complexity index is 457. The van der Waals surface area contributed by atoms with Gasteiger partial charge >= 0.3 is 0 Å². The molecule has 0 unspecified atom stereocenters. The Balaban J connectivity index is 2.07. The topological polar surface area (TPSA) is 34.1 Å². The van der Waals surface area contributed by atoms with Crippen LogP contribution >= 0.6 is 0 Å². The summed E-state index contributed by atoms with van der Waals surface area (Å²) in [5.41, 5.74) is 2.42. The number of rotatable bonds is 0. The number of hydrogen-bond donors (Lipinski definition) is 0. The molecular formula is C14H14O2. The van der Waals surface area contributed by atoms with Crippen LogP contribution in [-0.2, 0) is 21.4 Å². The second kappa shape index (κ2) is 3.27. The van der Waals surface area contributed by atoms with E-state index in [4.69, 9.17) is 0 Å². The van der Waals surface area contributed by atoms with Gasteiger partial charge in [-0.3, -0.25) is 9.59 Å². The van der Waals surface area contributed by atoms with Crippen LogP contribution in [0.3, 0.4) is 0 Å². The van der Waals surface area contributed by atoms with E-state index in [-0.39, 0.29) is 23.4 Å². The highest BCUT2D eigenvalue weighted by Crippen LogP contribution is 2.46. The molecule has 0 saturated heterocycles. The molecule has 1 spiro atoms. The molecule has 82 valence electrons. The van der Waals surface area contributed by atoms with Gasteiger partial charge in [0.2, 0.25) is 0 Å². The standard InChI is InChI=1S/C14H14O2/c15-11-7-12(16)9-14(8-11)6-5-10-3-1-2-4-13(10)14/h1-4H,5-9H2. The molecule has 0 aromatic heterocycles. The monoisotopic (exact) mass is 214 g/mol. The van der Waals surface area contributed by atoms with Crippen molar-refractivity contribution in [3.63, 3.8) is 0 Å². The Hall–Kier alpha value is -1.44. The lowest BCUT2D eigenvalue weighted by molar-refractivity contribution is -0.132. The number of hydrogen-bond acceptors (Lipinski definition) is 2. The van der Waals surface area contributed by atoms with E-state index in [0.29, 0.717) is 12.8 Å². The largest absolute Gasteiger partial charge is 0.299 e. The van der Waals surface area contributed by atoms with Gasteiger partial charge in [0.05, 0.1) is 6.42 Å². The van der Waals surface area contributed by atoms with Crippen molar-refractivity contribution in [2.24, 2.45) is 0 Å². The molecule has 0 N–H and O–H groups in total. The summed E-state index contributed by atoms with van der Waals surface area (Å²) in [7, 11) is 0. The zero-order chi connectivity index (χ0) is 11.2. The van der Waals surface area contributed by atoms with Crippen molar-refractivity contribution in [1.82, 2.24) is 0 Å². The molecule has 0 heterocycles. The summed E-state index contributed by atoms with van der Waals surface area (Å²) < 4.78 is 0. The first-order valence-corrected chi connectivity index (χ1v) is 5.81. The number of carbonyl (C=O) groups excluding carboxylic acids is 2. The van der Waals surface area contributed by atoms with Gasteiger partial charge in [-0.2, -0.15) is 0 Å². The minimum atomic E-state index is -0.150. The summed E-state index contributed by atoms with van der Waals surface area (Å²) in [5, 5.41) is 0. The molecule has 2 nitrogen and oxygen atoms in total. The Labute approximate surface area is 94.7 Å². The first-order chi connectivity index (χ1) is 7.70. The van der Waals surface area contributed by atoms with Crippen LogP contribution < -0.4 is 0 Å². The van der Waals surface area contributed by atoms with Gasteiger partial charge in [0.15, 0.2) is 0 Å². The van der Waals surface area contributed by atoms with Crippen molar-refractivity contribution < 1.29 is 9.59 Å². The summed E-state index contributed by atoms with van der Waals surface area (Å²) in [6.45, 7) is 0. The van der Waals surface area contributed by atoms with Crippen LogP contribution in [0.5, 0.6) is 0 Å². The zero-order valence-electron chi connectivity index (χ0n) is 9.16. The Kier molecular flexibility index (Phi) is 2.00. The fraction of sp³-hybridized carbons (Fsp3) is 0.429. The van der Waals surface area contributed by atoms with Crippen molar-refractivity contribution in [2.45, 2.75) is 37.5 Å². The van der Waals surface area contributed by atoms with Crippen LogP contribution in [0.1, 0.15) is 36.8 Å². The molecule has 0 radical (unpaired) electrons. The predicted molar refractivity (Wildman–Crippen MR) is 60.3 cm³/mol. The fourth-order valence-electron chi connectivity index (χ4n) is 3.29. The maximum Gasteiger partial charge on any atom is 0.141 e. The summed E-state index contributed by atoms with van der Waals surface area (Å²) in [4.78, 5) is 23.2. The average Bonchev–Trinajstić information content (AvgIpc) is 2.57. The van der Waals surface area contributed by atoms with E-state index in [1.807, 2.05) is 12.1 Å². The Morgan fingerprint density at radius 1 is 1.00 bits per heavy atom. The lowest BCUT2D eigenvalue weighted by Crippen LogP contribution is -2.35. The lowest BCUT2D eigenvalue weighted by Gasteiger charge is -2.32. The van der Waals surface area contributed by atoms with Gasteiger partial charge in [-0.05, 0) is 24.0 Å². The van der Waals surface area contributed by atoms with E-state index in [2.05, 4.69) is 12.1 Å². The average molecular weight is 214 g/mol. The van der Waals surface area contributed by atoms with Gasteiger partial charge in [-0.15, -0.1) is 0 Å². The lowest BCUT2D eigenvalue weighted by atomic mass is 9.69. The van der Waals surface area contributed by atoms with Gasteiger partial charge in [-0.1, -0.05) is 24.3 Å². The SMILES string of the molecule is O=C1CC(=O)CC2(CCc3ccccc32)C1. The van der Waals surface area contributed by atoms with Crippen LogP contribution in [0.2, 0.25) is 0 Å². The second-order valence-corrected chi connectivity index (χ2v) is 5.05. The highest BCUT2D eigenvalue weighted by atomic mass is 16.1. The smallest absolute Gasteiger partial charge is 0.141 e. The van der Waals surface area contributed by atoms with E-state index < -0.39 is 0 Å². The maximum atomic E-state index is 11.6. The molecule has 1 aromatic rings. The minimum absolute atomic E-state index is 0.118. The molecule has 0 amide bonds. The summed E-state index contributed by atoms with van der Waals surface area (Å²) in [6.07, 6.45) is 3.26. The predicted octanol–water partition coefficient (Wildman–Crippen LogP) is 2.19. The van der Waals surface area contributed by atoms with Crippen molar-refractivity contribution in [3.8, 4) is 0 Å². The highest BCUT2D eigenvalue weighted by molar-refractivity contribution is 6.03. The summed E-state index contributed by atoms with van der Waals surface area (Å²) in [5.74, 6) is 0.237. The van der Waals surface area contributed by atoms with E-state index in [1.165, 1.54) is 11.1 Å². The van der Waals surface area contributed by atoms with E-state index in [9.17, 15) is 9.59 Å². The van der Waals surface area contributed by atoms with E-state index in [0.717, 1.165) is 12.8 Å². The molecule has 0 atom stereocenters. The number of carbonyl (C=O) groups is 2. The third-order valence-electron chi connectivity index (χ3n) is 3.93. The van der Waals surface area contributed by atoms with Crippen molar-refractivity contribution in [3.05, 3.63) is 35.4 Å². The van der Waals surface area contributed by atoms with Crippen LogP contribution in [0.4, 0.5) is 0 Å². The molecule has 1 saturated carbocycles. The summed E-state index contributed by atoms with van der Waals surface area (Å²) in [6, 6.07) is 8.25. The Morgan fingerprint density at radius 2 is 1.69 bits per heavy atom. The number of fused-ring (bicyclic) bond motifs is 2. The highest BCUT2D eigenvalue weighted by Gasteiger charge is 2.44. The molecule has 0 bridgehead atoms. The van der Waals surface area contributed by atoms with Gasteiger partial charge in [0.25, 0.3) is 0 Å². The van der Waals surface area contributed by atoms with Crippen LogP contribution in [-0.4, -0.2) is 11.6 Å². The zero-order valence-corrected chi connectivity index (χ0v) is 9.16. The second-order valence-electron chi connectivity index (χ2n) is 5.05. The molecule has 2 aliphatic carbocycles. The van der Waals surface area contributed by atoms with Crippen LogP contribution in [0.15, 0.2) is 24.3 Å². The van der Waals surface area contributed by atoms with Crippen LogP contribution in [0.25, 0.3) is 0 Å². The number of Topliss-reactive ketones (excluding diaryl/α,β-unsaturated/α-hetero) is 2. The molecular weight excluding hydrogens is 200 g/mol. The third kappa shape index (κ3) is 1.33. The third-order valence-corrected chi connectivity index (χ3v) is 3.93. The number of benzene rings is 1. The van der Waals surface area contributed by atoms with Gasteiger partial charge in [0.1, 0.15) is 11.6 Å². The quantitative estimate of drug-likeness (QED) is 0.620. The normalized spacial score (nSPS) is 22.5. The number of ketones is 2. The minimum Gasteiger partial charge on any atom is -0.299 e. The van der Waals surface area contributed by atoms with Crippen molar-refractivity contribution >= 4 is 11.6 Å². The molecule has 2 aliphatic rings. The van der Waals surface area contributed by atoms with Gasteiger partial charge in [-0.25, -0.2) is 0 Å². The van der Waals surface area contributed by atoms with Gasteiger partial charge in [0, 0.05) is 18.3 Å². The van der Waals surface area contributed by atoms with E-state index >= 15 is 0 Å². The molecule has 3 rings (SSSR count). The van der Waals surface area contributed by atoms with E-state index in [1.54, 1.807) is 0 Å². The first-order valence-electron chi connectivity index (χ1n) is 5.81. The Morgan fingerprint density at radius 3 is 2.44 bits per heavy atom. The fourth-order valence-corrected chi connectivity index (χ4v) is 3.29. The molecule has 1 fully saturated rings. The molecule has 2 heteroatoms. The van der Waals surface area contributed by atoms with Gasteiger partial charge < -0.3 is 0 Å². The van der Waals surface area contributed by atoms with Crippen LogP contribution in [0, 0.1) is 0 Å². The molecule has 1 aromatic carbocycles. The maximum absolute atomic E-state index is 11.6. The molecule has 0 aliphatic heterocycles. The summed E-state index contributed by atoms with van der Waals surface area (Å²) >= 11 is 0. The molecule has 16 heavy (non-hydrogen) atoms. The first kappa shape index (κ1) is 9.76. The van der Waals surface area contributed by atoms with Crippen molar-refractivity contribution in [2.75, 3.05) is 0 Å².